The molecule has 0 aliphatic carbocycles. The van der Waals surface area contributed by atoms with E-state index in [-0.39, 0.29) is 17.7 Å². The van der Waals surface area contributed by atoms with E-state index in [1.165, 1.54) is 11.2 Å². The predicted octanol–water partition coefficient (Wildman–Crippen LogP) is 3.51. The zero-order chi connectivity index (χ0) is 18.5. The maximum Gasteiger partial charge on any atom is 0.289 e. The van der Waals surface area contributed by atoms with E-state index in [2.05, 4.69) is 24.3 Å². The molecule has 0 spiro atoms. The maximum absolute atomic E-state index is 12.8. The summed E-state index contributed by atoms with van der Waals surface area (Å²) in [6.45, 7) is 1.70. The highest BCUT2D eigenvalue weighted by atomic mass is 32.2. The number of carbonyl (C=O) groups is 2. The number of carbonyl (C=O) groups excluding carboxylic acids is 2. The van der Waals surface area contributed by atoms with Crippen LogP contribution in [0.2, 0.25) is 0 Å². The number of nitrogens with zero attached hydrogens (tertiary/aromatic N) is 2. The largest absolute Gasteiger partial charge is 0.459 e. The van der Waals surface area contributed by atoms with E-state index in [1.54, 1.807) is 33.7 Å². The number of furan rings is 1. The smallest absolute Gasteiger partial charge is 0.289 e. The van der Waals surface area contributed by atoms with Crippen molar-refractivity contribution in [3.63, 3.8) is 0 Å². The van der Waals surface area contributed by atoms with Gasteiger partial charge in [-0.05, 0) is 48.9 Å². The molecule has 1 aliphatic rings. The lowest BCUT2D eigenvalue weighted by molar-refractivity contribution is -0.136. The molecule has 0 N–H and O–H groups in total. The van der Waals surface area contributed by atoms with E-state index in [4.69, 9.17) is 4.42 Å². The highest BCUT2D eigenvalue weighted by Crippen LogP contribution is 2.22. The molecule has 138 valence electrons. The first-order valence-corrected chi connectivity index (χ1v) is 10.0. The first kappa shape index (κ1) is 18.6. The molecule has 1 aliphatic heterocycles. The molecule has 1 aromatic heterocycles. The molecule has 1 atom stereocenters. The lowest BCUT2D eigenvalue weighted by atomic mass is 9.96. The van der Waals surface area contributed by atoms with Gasteiger partial charge in [0.2, 0.25) is 5.91 Å². The summed E-state index contributed by atoms with van der Waals surface area (Å²) in [6.07, 6.45) is 5.19. The molecule has 1 aromatic carbocycles. The summed E-state index contributed by atoms with van der Waals surface area (Å²) in [5.74, 6) is 0.136. The number of amides is 2. The number of hydrogen-bond donors (Lipinski definition) is 0. The number of thioether (sulfide) groups is 1. The third kappa shape index (κ3) is 4.30. The second kappa shape index (κ2) is 8.45. The molecular formula is C20H24N2O3S. The Hall–Kier alpha value is -2.21. The van der Waals surface area contributed by atoms with Crippen LogP contribution in [0.1, 0.15) is 29.0 Å². The lowest BCUT2D eigenvalue weighted by Gasteiger charge is -2.33. The first-order valence-electron chi connectivity index (χ1n) is 8.79. The third-order valence-corrected chi connectivity index (χ3v) is 5.49. The van der Waals surface area contributed by atoms with Gasteiger partial charge in [-0.25, -0.2) is 0 Å². The van der Waals surface area contributed by atoms with Crippen LogP contribution in [0, 0.1) is 5.92 Å². The van der Waals surface area contributed by atoms with Gasteiger partial charge in [0, 0.05) is 31.6 Å². The molecule has 2 aromatic rings. The SMILES string of the molecule is CSc1ccc(CN(C)C(=O)[C@@H]2CCCN(C(=O)c3ccco3)C2)cc1. The highest BCUT2D eigenvalue weighted by molar-refractivity contribution is 7.98. The van der Waals surface area contributed by atoms with Crippen LogP contribution in [0.15, 0.2) is 52.0 Å². The number of benzene rings is 1. The molecule has 2 amide bonds. The summed E-state index contributed by atoms with van der Waals surface area (Å²) in [5.41, 5.74) is 1.11. The topological polar surface area (TPSA) is 53.8 Å². The standard InChI is InChI=1S/C20H24N2O3S/c1-21(13-15-7-9-17(26-2)10-8-15)19(23)16-5-3-11-22(14-16)20(24)18-6-4-12-25-18/h4,6-10,12,16H,3,5,11,13-14H2,1-2H3/t16-/m1/s1. The van der Waals surface area contributed by atoms with Crippen molar-refractivity contribution in [3.8, 4) is 0 Å². The average molecular weight is 372 g/mol. The Balaban J connectivity index is 1.60. The highest BCUT2D eigenvalue weighted by Gasteiger charge is 2.31. The van der Waals surface area contributed by atoms with Crippen molar-refractivity contribution in [2.75, 3.05) is 26.4 Å². The Labute approximate surface area is 158 Å². The molecule has 0 saturated carbocycles. The number of hydrogen-bond acceptors (Lipinski definition) is 4. The Bertz CT molecular complexity index is 743. The molecule has 26 heavy (non-hydrogen) atoms. The normalized spacial score (nSPS) is 17.2. The van der Waals surface area contributed by atoms with Crippen LogP contribution in [0.25, 0.3) is 0 Å². The maximum atomic E-state index is 12.8. The molecule has 0 unspecified atom stereocenters. The number of likely N-dealkylation sites (tertiary alicyclic amines) is 1. The Morgan fingerprint density at radius 3 is 2.69 bits per heavy atom. The van der Waals surface area contributed by atoms with Gasteiger partial charge in [0.15, 0.2) is 5.76 Å². The van der Waals surface area contributed by atoms with E-state index < -0.39 is 0 Å². The minimum absolute atomic E-state index is 0.0934. The van der Waals surface area contributed by atoms with E-state index in [1.807, 2.05) is 13.3 Å². The molecule has 1 fully saturated rings. The average Bonchev–Trinajstić information content (AvgIpc) is 3.22. The van der Waals surface area contributed by atoms with Crippen molar-refractivity contribution in [1.82, 2.24) is 9.80 Å². The Kier molecular flexibility index (Phi) is 6.04. The van der Waals surface area contributed by atoms with Crippen LogP contribution in [0.3, 0.4) is 0 Å². The second-order valence-corrected chi connectivity index (χ2v) is 7.49. The van der Waals surface area contributed by atoms with Gasteiger partial charge in [-0.2, -0.15) is 0 Å². The van der Waals surface area contributed by atoms with Gasteiger partial charge < -0.3 is 14.2 Å². The first-order chi connectivity index (χ1) is 12.6. The lowest BCUT2D eigenvalue weighted by Crippen LogP contribution is -2.45. The summed E-state index contributed by atoms with van der Waals surface area (Å²) in [5, 5.41) is 0. The predicted molar refractivity (Wildman–Crippen MR) is 102 cm³/mol. The van der Waals surface area contributed by atoms with Gasteiger partial charge in [0.25, 0.3) is 5.91 Å². The minimum atomic E-state index is -0.155. The van der Waals surface area contributed by atoms with Gasteiger partial charge in [-0.1, -0.05) is 12.1 Å². The van der Waals surface area contributed by atoms with Crippen molar-refractivity contribution < 1.29 is 14.0 Å². The molecule has 5 nitrogen and oxygen atoms in total. The summed E-state index contributed by atoms with van der Waals surface area (Å²) < 4.78 is 5.20. The van der Waals surface area contributed by atoms with Crippen molar-refractivity contribution in [3.05, 3.63) is 54.0 Å². The zero-order valence-electron chi connectivity index (χ0n) is 15.2. The fraction of sp³-hybridized carbons (Fsp3) is 0.400. The van der Waals surface area contributed by atoms with Gasteiger partial charge in [0.05, 0.1) is 12.2 Å². The monoisotopic (exact) mass is 372 g/mol. The Morgan fingerprint density at radius 2 is 2.04 bits per heavy atom. The number of rotatable bonds is 5. The zero-order valence-corrected chi connectivity index (χ0v) is 16.0. The van der Waals surface area contributed by atoms with Crippen molar-refractivity contribution >= 4 is 23.6 Å². The van der Waals surface area contributed by atoms with E-state index in [9.17, 15) is 9.59 Å². The molecule has 3 rings (SSSR count). The van der Waals surface area contributed by atoms with Crippen LogP contribution >= 0.6 is 11.8 Å². The van der Waals surface area contributed by atoms with Crippen molar-refractivity contribution in [2.24, 2.45) is 5.92 Å². The van der Waals surface area contributed by atoms with E-state index in [0.29, 0.717) is 25.4 Å². The molecule has 0 bridgehead atoms. The number of piperidine rings is 1. The van der Waals surface area contributed by atoms with Gasteiger partial charge in [-0.15, -0.1) is 11.8 Å². The molecule has 1 saturated heterocycles. The second-order valence-electron chi connectivity index (χ2n) is 6.61. The van der Waals surface area contributed by atoms with Gasteiger partial charge >= 0.3 is 0 Å². The fourth-order valence-electron chi connectivity index (χ4n) is 3.31. The minimum Gasteiger partial charge on any atom is -0.459 e. The molecule has 2 heterocycles. The van der Waals surface area contributed by atoms with Crippen LogP contribution in [-0.2, 0) is 11.3 Å². The van der Waals surface area contributed by atoms with Crippen LogP contribution in [-0.4, -0.2) is 48.0 Å². The fourth-order valence-corrected chi connectivity index (χ4v) is 3.72. The summed E-state index contributed by atoms with van der Waals surface area (Å²) in [7, 11) is 1.83. The quantitative estimate of drug-likeness (QED) is 0.754. The summed E-state index contributed by atoms with van der Waals surface area (Å²) in [4.78, 5) is 30.0. The van der Waals surface area contributed by atoms with Gasteiger partial charge in [0.1, 0.15) is 0 Å². The Morgan fingerprint density at radius 1 is 1.27 bits per heavy atom. The molecule has 6 heteroatoms. The van der Waals surface area contributed by atoms with Crippen LogP contribution in [0.4, 0.5) is 0 Å². The molecular weight excluding hydrogens is 348 g/mol. The molecule has 0 radical (unpaired) electrons. The van der Waals surface area contributed by atoms with Crippen molar-refractivity contribution in [1.29, 1.82) is 0 Å². The van der Waals surface area contributed by atoms with Gasteiger partial charge in [-0.3, -0.25) is 9.59 Å². The summed E-state index contributed by atoms with van der Waals surface area (Å²) in [6, 6.07) is 11.6. The van der Waals surface area contributed by atoms with E-state index >= 15 is 0 Å². The summed E-state index contributed by atoms with van der Waals surface area (Å²) >= 11 is 1.70. The third-order valence-electron chi connectivity index (χ3n) is 4.74. The van der Waals surface area contributed by atoms with E-state index in [0.717, 1.165) is 18.4 Å². The van der Waals surface area contributed by atoms with Crippen LogP contribution < -0.4 is 0 Å². The van der Waals surface area contributed by atoms with Crippen LogP contribution in [0.5, 0.6) is 0 Å². The van der Waals surface area contributed by atoms with Crippen molar-refractivity contribution in [2.45, 2.75) is 24.3 Å².